The molecule has 2 aromatic carbocycles. The van der Waals surface area contributed by atoms with Crippen molar-refractivity contribution in [1.29, 1.82) is 0 Å². The van der Waals surface area contributed by atoms with E-state index in [1.807, 2.05) is 48.5 Å². The average molecular weight is 366 g/mol. The van der Waals surface area contributed by atoms with Crippen LogP contribution in [0.15, 0.2) is 59.3 Å². The summed E-state index contributed by atoms with van der Waals surface area (Å²) in [4.78, 5) is 23.1. The topological polar surface area (TPSA) is 92.4 Å². The zero-order valence-electron chi connectivity index (χ0n) is 13.9. The van der Waals surface area contributed by atoms with Crippen LogP contribution in [0, 0.1) is 0 Å². The Morgan fingerprint density at radius 2 is 1.81 bits per heavy atom. The van der Waals surface area contributed by atoms with Crippen LogP contribution in [-0.2, 0) is 11.2 Å². The molecule has 0 fully saturated rings. The minimum atomic E-state index is -1.04. The predicted octanol–water partition coefficient (Wildman–Crippen LogP) is 4.27. The van der Waals surface area contributed by atoms with Gasteiger partial charge < -0.3 is 16.2 Å². The van der Waals surface area contributed by atoms with Gasteiger partial charge in [0.1, 0.15) is 0 Å². The molecule has 0 saturated carbocycles. The molecule has 1 aromatic heterocycles. The zero-order chi connectivity index (χ0) is 18.5. The second-order valence-corrected chi connectivity index (χ2v) is 6.62. The van der Waals surface area contributed by atoms with E-state index in [4.69, 9.17) is 10.8 Å². The maximum Gasteiger partial charge on any atom is 0.338 e. The number of carboxylic acid groups (broad SMARTS) is 1. The van der Waals surface area contributed by atoms with Gasteiger partial charge in [0.15, 0.2) is 0 Å². The van der Waals surface area contributed by atoms with Gasteiger partial charge in [0.2, 0.25) is 5.91 Å². The van der Waals surface area contributed by atoms with E-state index in [0.717, 1.165) is 22.4 Å². The molecule has 0 bridgehead atoms. The molecule has 3 rings (SSSR count). The monoisotopic (exact) mass is 366 g/mol. The standard InChI is InChI=1S/C20H18N2O3S/c21-16-3-1-2-15(10-16)14-7-4-13(5-8-14)6-9-19(23)22-18-12-26-11-17(18)20(24)25/h1-5,7-8,10-12H,6,9,21H2,(H,22,23)(H,24,25). The summed E-state index contributed by atoms with van der Waals surface area (Å²) < 4.78 is 0. The number of nitrogens with two attached hydrogens (primary N) is 1. The smallest absolute Gasteiger partial charge is 0.338 e. The first kappa shape index (κ1) is 17.7. The number of rotatable bonds is 6. The summed E-state index contributed by atoms with van der Waals surface area (Å²) in [6.07, 6.45) is 0.863. The Balaban J connectivity index is 1.58. The highest BCUT2D eigenvalue weighted by atomic mass is 32.1. The van der Waals surface area contributed by atoms with Gasteiger partial charge in [-0.2, -0.15) is 0 Å². The summed E-state index contributed by atoms with van der Waals surface area (Å²) in [5, 5.41) is 14.9. The van der Waals surface area contributed by atoms with Crippen molar-refractivity contribution >= 4 is 34.6 Å². The summed E-state index contributed by atoms with van der Waals surface area (Å²) in [6, 6.07) is 15.7. The van der Waals surface area contributed by atoms with Gasteiger partial charge in [0, 0.05) is 22.9 Å². The minimum Gasteiger partial charge on any atom is -0.478 e. The van der Waals surface area contributed by atoms with Crippen molar-refractivity contribution in [2.24, 2.45) is 0 Å². The normalized spacial score (nSPS) is 10.5. The maximum absolute atomic E-state index is 12.1. The Morgan fingerprint density at radius 1 is 1.04 bits per heavy atom. The first-order valence-electron chi connectivity index (χ1n) is 8.07. The van der Waals surface area contributed by atoms with Gasteiger partial charge in [-0.25, -0.2) is 4.79 Å². The molecule has 0 atom stereocenters. The van der Waals surface area contributed by atoms with E-state index in [1.165, 1.54) is 16.7 Å². The van der Waals surface area contributed by atoms with E-state index in [2.05, 4.69) is 5.32 Å². The Kier molecular flexibility index (Phi) is 5.34. The van der Waals surface area contributed by atoms with Gasteiger partial charge in [0.25, 0.3) is 0 Å². The second kappa shape index (κ2) is 7.84. The van der Waals surface area contributed by atoms with Crippen molar-refractivity contribution in [3.8, 4) is 11.1 Å². The Hall–Kier alpha value is -3.12. The number of carbonyl (C=O) groups is 2. The highest BCUT2D eigenvalue weighted by Crippen LogP contribution is 2.23. The fourth-order valence-corrected chi connectivity index (χ4v) is 3.37. The lowest BCUT2D eigenvalue weighted by Gasteiger charge is -2.07. The summed E-state index contributed by atoms with van der Waals surface area (Å²) in [6.45, 7) is 0. The Morgan fingerprint density at radius 3 is 2.50 bits per heavy atom. The third-order valence-electron chi connectivity index (χ3n) is 3.98. The molecule has 0 unspecified atom stereocenters. The van der Waals surface area contributed by atoms with Gasteiger partial charge in [-0.3, -0.25) is 4.79 Å². The van der Waals surface area contributed by atoms with Gasteiger partial charge in [-0.15, -0.1) is 11.3 Å². The van der Waals surface area contributed by atoms with Crippen LogP contribution >= 0.6 is 11.3 Å². The molecule has 26 heavy (non-hydrogen) atoms. The number of anilines is 2. The Labute approximate surface area is 155 Å². The van der Waals surface area contributed by atoms with Gasteiger partial charge in [-0.05, 0) is 35.2 Å². The number of carboxylic acids is 1. The fraction of sp³-hybridized carbons (Fsp3) is 0.100. The van der Waals surface area contributed by atoms with Crippen LogP contribution in [0.4, 0.5) is 11.4 Å². The quantitative estimate of drug-likeness (QED) is 0.568. The summed E-state index contributed by atoms with van der Waals surface area (Å²) >= 11 is 1.25. The zero-order valence-corrected chi connectivity index (χ0v) is 14.8. The molecule has 1 heterocycles. The fourth-order valence-electron chi connectivity index (χ4n) is 2.61. The Bertz CT molecular complexity index is 932. The number of aromatic carboxylic acids is 1. The molecule has 6 heteroatoms. The molecular formula is C20H18N2O3S. The number of amides is 1. The van der Waals surface area contributed by atoms with Crippen molar-refractivity contribution in [2.45, 2.75) is 12.8 Å². The largest absolute Gasteiger partial charge is 0.478 e. The van der Waals surface area contributed by atoms with E-state index >= 15 is 0 Å². The predicted molar refractivity (Wildman–Crippen MR) is 105 cm³/mol. The van der Waals surface area contributed by atoms with Crippen LogP contribution in [0.25, 0.3) is 11.1 Å². The van der Waals surface area contributed by atoms with Crippen molar-refractivity contribution in [3.05, 3.63) is 70.4 Å². The number of nitrogen functional groups attached to an aromatic ring is 1. The molecule has 0 saturated heterocycles. The molecule has 0 aliphatic carbocycles. The lowest BCUT2D eigenvalue weighted by molar-refractivity contribution is -0.116. The van der Waals surface area contributed by atoms with Crippen LogP contribution in [0.3, 0.4) is 0 Å². The highest BCUT2D eigenvalue weighted by molar-refractivity contribution is 7.08. The molecule has 0 aliphatic rings. The highest BCUT2D eigenvalue weighted by Gasteiger charge is 2.13. The number of hydrogen-bond donors (Lipinski definition) is 3. The number of benzene rings is 2. The van der Waals surface area contributed by atoms with Crippen LogP contribution in [0.2, 0.25) is 0 Å². The van der Waals surface area contributed by atoms with E-state index in [9.17, 15) is 9.59 Å². The third-order valence-corrected chi connectivity index (χ3v) is 4.72. The summed E-state index contributed by atoms with van der Waals surface area (Å²) in [5.74, 6) is -1.25. The average Bonchev–Trinajstić information content (AvgIpc) is 3.09. The molecule has 1 amide bonds. The van der Waals surface area contributed by atoms with Crippen molar-refractivity contribution in [3.63, 3.8) is 0 Å². The number of thiophene rings is 1. The van der Waals surface area contributed by atoms with E-state index in [0.29, 0.717) is 12.1 Å². The van der Waals surface area contributed by atoms with Crippen molar-refractivity contribution in [2.75, 3.05) is 11.1 Å². The third kappa shape index (κ3) is 4.29. The van der Waals surface area contributed by atoms with E-state index in [-0.39, 0.29) is 17.9 Å². The van der Waals surface area contributed by atoms with Crippen LogP contribution in [-0.4, -0.2) is 17.0 Å². The SMILES string of the molecule is Nc1cccc(-c2ccc(CCC(=O)Nc3cscc3C(=O)O)cc2)c1. The summed E-state index contributed by atoms with van der Waals surface area (Å²) in [7, 11) is 0. The van der Waals surface area contributed by atoms with Crippen LogP contribution in [0.5, 0.6) is 0 Å². The molecule has 0 spiro atoms. The molecule has 4 N–H and O–H groups in total. The van der Waals surface area contributed by atoms with E-state index < -0.39 is 5.97 Å². The van der Waals surface area contributed by atoms with Gasteiger partial charge >= 0.3 is 5.97 Å². The molecule has 0 radical (unpaired) electrons. The van der Waals surface area contributed by atoms with E-state index in [1.54, 1.807) is 5.38 Å². The molecule has 0 aliphatic heterocycles. The number of carbonyl (C=O) groups excluding carboxylic acids is 1. The number of aryl methyl sites for hydroxylation is 1. The van der Waals surface area contributed by atoms with Crippen molar-refractivity contribution < 1.29 is 14.7 Å². The molecule has 3 aromatic rings. The maximum atomic E-state index is 12.1. The number of nitrogens with one attached hydrogen (secondary N) is 1. The molecule has 132 valence electrons. The molecule has 5 nitrogen and oxygen atoms in total. The second-order valence-electron chi connectivity index (χ2n) is 5.87. The van der Waals surface area contributed by atoms with Gasteiger partial charge in [-0.1, -0.05) is 36.4 Å². The molecular weight excluding hydrogens is 348 g/mol. The van der Waals surface area contributed by atoms with Crippen LogP contribution < -0.4 is 11.1 Å². The first-order valence-corrected chi connectivity index (χ1v) is 9.01. The summed E-state index contributed by atoms with van der Waals surface area (Å²) in [5.41, 5.74) is 10.2. The van der Waals surface area contributed by atoms with Gasteiger partial charge in [0.05, 0.1) is 11.3 Å². The van der Waals surface area contributed by atoms with Crippen LogP contribution in [0.1, 0.15) is 22.3 Å². The van der Waals surface area contributed by atoms with Crippen molar-refractivity contribution in [1.82, 2.24) is 0 Å². The lowest BCUT2D eigenvalue weighted by Crippen LogP contribution is -2.14. The first-order chi connectivity index (χ1) is 12.5. The number of hydrogen-bond acceptors (Lipinski definition) is 4. The lowest BCUT2D eigenvalue weighted by atomic mass is 10.0. The minimum absolute atomic E-state index is 0.120.